The summed E-state index contributed by atoms with van der Waals surface area (Å²) in [5.41, 5.74) is 2.35. The molecule has 1 aliphatic rings. The van der Waals surface area contributed by atoms with Crippen LogP contribution in [0.1, 0.15) is 23.0 Å². The van der Waals surface area contributed by atoms with E-state index in [0.29, 0.717) is 38.3 Å². The van der Waals surface area contributed by atoms with Crippen molar-refractivity contribution in [2.75, 3.05) is 32.7 Å². The molecule has 1 N–H and O–H groups in total. The van der Waals surface area contributed by atoms with E-state index in [0.717, 1.165) is 16.6 Å². The summed E-state index contributed by atoms with van der Waals surface area (Å²) in [5.74, 6) is 0.00671. The fourth-order valence-corrected chi connectivity index (χ4v) is 3.03. The molecule has 0 unspecified atom stereocenters. The number of aryl methyl sites for hydroxylation is 1. The Hall–Kier alpha value is -2.63. The molecule has 0 spiro atoms. The van der Waals surface area contributed by atoms with E-state index in [-0.39, 0.29) is 11.9 Å². The molecule has 3 rings (SSSR count). The SMILES string of the molecule is CCNC(=O)N1CCN(C(=O)c2cc(C)nc3ccccc23)CC1. The van der Waals surface area contributed by atoms with Crippen LogP contribution in [0, 0.1) is 6.92 Å². The number of urea groups is 1. The van der Waals surface area contributed by atoms with E-state index in [1.54, 1.807) is 4.90 Å². The smallest absolute Gasteiger partial charge is 0.317 e. The number of hydrogen-bond donors (Lipinski definition) is 1. The number of pyridine rings is 1. The first-order chi connectivity index (χ1) is 11.6. The number of rotatable bonds is 2. The Bertz CT molecular complexity index is 767. The Morgan fingerprint density at radius 2 is 1.79 bits per heavy atom. The van der Waals surface area contributed by atoms with Crippen molar-refractivity contribution in [3.05, 3.63) is 41.6 Å². The van der Waals surface area contributed by atoms with E-state index in [4.69, 9.17) is 0 Å². The Balaban J connectivity index is 1.78. The first kappa shape index (κ1) is 16.2. The van der Waals surface area contributed by atoms with Gasteiger partial charge in [0.2, 0.25) is 0 Å². The third-order valence-corrected chi connectivity index (χ3v) is 4.26. The van der Waals surface area contributed by atoms with Crippen LogP contribution in [0.2, 0.25) is 0 Å². The molecule has 0 aliphatic carbocycles. The van der Waals surface area contributed by atoms with Crippen LogP contribution in [0.15, 0.2) is 30.3 Å². The van der Waals surface area contributed by atoms with Gasteiger partial charge in [-0.25, -0.2) is 4.79 Å². The predicted molar refractivity (Wildman–Crippen MR) is 93.0 cm³/mol. The number of aromatic nitrogens is 1. The molecule has 1 aliphatic heterocycles. The molecule has 2 aromatic rings. The number of piperazine rings is 1. The van der Waals surface area contributed by atoms with Gasteiger partial charge in [0, 0.05) is 43.8 Å². The van der Waals surface area contributed by atoms with Crippen LogP contribution in [0.25, 0.3) is 10.9 Å². The number of fused-ring (bicyclic) bond motifs is 1. The number of nitrogens with one attached hydrogen (secondary N) is 1. The highest BCUT2D eigenvalue weighted by atomic mass is 16.2. The Kier molecular flexibility index (Phi) is 4.64. The van der Waals surface area contributed by atoms with Crippen molar-refractivity contribution in [2.45, 2.75) is 13.8 Å². The highest BCUT2D eigenvalue weighted by Gasteiger charge is 2.25. The highest BCUT2D eigenvalue weighted by molar-refractivity contribution is 6.06. The zero-order valence-electron chi connectivity index (χ0n) is 14.1. The summed E-state index contributed by atoms with van der Waals surface area (Å²) in [4.78, 5) is 32.9. The fourth-order valence-electron chi connectivity index (χ4n) is 3.03. The van der Waals surface area contributed by atoms with Crippen molar-refractivity contribution >= 4 is 22.8 Å². The minimum atomic E-state index is -0.0604. The van der Waals surface area contributed by atoms with E-state index in [2.05, 4.69) is 10.3 Å². The van der Waals surface area contributed by atoms with Crippen LogP contribution in [0.5, 0.6) is 0 Å². The molecular formula is C18H22N4O2. The van der Waals surface area contributed by atoms with Gasteiger partial charge in [-0.2, -0.15) is 0 Å². The van der Waals surface area contributed by atoms with Crippen LogP contribution in [0.4, 0.5) is 4.79 Å². The van der Waals surface area contributed by atoms with Crippen LogP contribution < -0.4 is 5.32 Å². The first-order valence-corrected chi connectivity index (χ1v) is 8.28. The number of para-hydroxylation sites is 1. The molecular weight excluding hydrogens is 304 g/mol. The summed E-state index contributed by atoms with van der Waals surface area (Å²) in [6.45, 7) is 6.61. The number of carbonyl (C=O) groups is 2. The number of nitrogens with zero attached hydrogens (tertiary/aromatic N) is 3. The number of carbonyl (C=O) groups excluding carboxylic acids is 2. The third kappa shape index (κ3) is 3.18. The van der Waals surface area contributed by atoms with E-state index < -0.39 is 0 Å². The average molecular weight is 326 g/mol. The van der Waals surface area contributed by atoms with Gasteiger partial charge in [-0.05, 0) is 26.0 Å². The van der Waals surface area contributed by atoms with Gasteiger partial charge in [0.25, 0.3) is 5.91 Å². The molecule has 0 saturated carbocycles. The lowest BCUT2D eigenvalue weighted by atomic mass is 10.1. The molecule has 3 amide bonds. The van der Waals surface area contributed by atoms with Crippen molar-refractivity contribution in [3.8, 4) is 0 Å². The molecule has 6 heteroatoms. The minimum absolute atomic E-state index is 0.00671. The third-order valence-electron chi connectivity index (χ3n) is 4.26. The van der Waals surface area contributed by atoms with Crippen molar-refractivity contribution in [3.63, 3.8) is 0 Å². The van der Waals surface area contributed by atoms with E-state index in [1.807, 2.05) is 49.1 Å². The molecule has 6 nitrogen and oxygen atoms in total. The van der Waals surface area contributed by atoms with Crippen molar-refractivity contribution < 1.29 is 9.59 Å². The monoisotopic (exact) mass is 326 g/mol. The topological polar surface area (TPSA) is 65.5 Å². The van der Waals surface area contributed by atoms with Gasteiger partial charge < -0.3 is 15.1 Å². The zero-order valence-corrected chi connectivity index (χ0v) is 14.1. The number of benzene rings is 1. The maximum Gasteiger partial charge on any atom is 0.317 e. The normalized spacial score (nSPS) is 14.8. The van der Waals surface area contributed by atoms with Crippen LogP contribution in [0.3, 0.4) is 0 Å². The van der Waals surface area contributed by atoms with Crippen LogP contribution in [-0.4, -0.2) is 59.4 Å². The maximum atomic E-state index is 12.9. The lowest BCUT2D eigenvalue weighted by Crippen LogP contribution is -2.53. The van der Waals surface area contributed by atoms with Crippen molar-refractivity contribution in [1.29, 1.82) is 0 Å². The molecule has 0 radical (unpaired) electrons. The van der Waals surface area contributed by atoms with Crippen molar-refractivity contribution in [2.24, 2.45) is 0 Å². The quantitative estimate of drug-likeness (QED) is 0.918. The Morgan fingerprint density at radius 3 is 2.50 bits per heavy atom. The highest BCUT2D eigenvalue weighted by Crippen LogP contribution is 2.20. The van der Waals surface area contributed by atoms with Gasteiger partial charge in [-0.1, -0.05) is 18.2 Å². The summed E-state index contributed by atoms with van der Waals surface area (Å²) in [6.07, 6.45) is 0. The molecule has 1 aromatic carbocycles. The van der Waals surface area contributed by atoms with Crippen molar-refractivity contribution in [1.82, 2.24) is 20.1 Å². The van der Waals surface area contributed by atoms with E-state index in [9.17, 15) is 9.59 Å². The number of hydrogen-bond acceptors (Lipinski definition) is 3. The lowest BCUT2D eigenvalue weighted by molar-refractivity contribution is 0.0667. The summed E-state index contributed by atoms with van der Waals surface area (Å²) >= 11 is 0. The second kappa shape index (κ2) is 6.86. The molecule has 24 heavy (non-hydrogen) atoms. The second-order valence-corrected chi connectivity index (χ2v) is 5.94. The van der Waals surface area contributed by atoms with Gasteiger partial charge in [0.1, 0.15) is 0 Å². The zero-order chi connectivity index (χ0) is 17.1. The Labute approximate surface area is 141 Å². The summed E-state index contributed by atoms with van der Waals surface area (Å²) < 4.78 is 0. The molecule has 2 heterocycles. The summed E-state index contributed by atoms with van der Waals surface area (Å²) in [5, 5.41) is 3.67. The largest absolute Gasteiger partial charge is 0.338 e. The van der Waals surface area contributed by atoms with Gasteiger partial charge in [0.05, 0.1) is 11.1 Å². The second-order valence-electron chi connectivity index (χ2n) is 5.94. The summed E-state index contributed by atoms with van der Waals surface area (Å²) in [6, 6.07) is 9.49. The van der Waals surface area contributed by atoms with Crippen LogP contribution >= 0.6 is 0 Å². The lowest BCUT2D eigenvalue weighted by Gasteiger charge is -2.34. The van der Waals surface area contributed by atoms with Gasteiger partial charge in [0.15, 0.2) is 0 Å². The predicted octanol–water partition coefficient (Wildman–Crippen LogP) is 2.03. The van der Waals surface area contributed by atoms with E-state index >= 15 is 0 Å². The fraction of sp³-hybridized carbons (Fsp3) is 0.389. The van der Waals surface area contributed by atoms with Gasteiger partial charge in [-0.15, -0.1) is 0 Å². The standard InChI is InChI=1S/C18H22N4O2/c1-3-19-18(24)22-10-8-21(9-11-22)17(23)15-12-13(2)20-16-7-5-4-6-14(15)16/h4-7,12H,3,8-11H2,1-2H3,(H,19,24). The molecule has 126 valence electrons. The first-order valence-electron chi connectivity index (χ1n) is 8.28. The van der Waals surface area contributed by atoms with Crippen LogP contribution in [-0.2, 0) is 0 Å². The van der Waals surface area contributed by atoms with Gasteiger partial charge >= 0.3 is 6.03 Å². The maximum absolute atomic E-state index is 12.9. The molecule has 1 saturated heterocycles. The van der Waals surface area contributed by atoms with Gasteiger partial charge in [-0.3, -0.25) is 9.78 Å². The molecule has 0 atom stereocenters. The minimum Gasteiger partial charge on any atom is -0.338 e. The summed E-state index contributed by atoms with van der Waals surface area (Å²) in [7, 11) is 0. The average Bonchev–Trinajstić information content (AvgIpc) is 2.60. The Morgan fingerprint density at radius 1 is 1.12 bits per heavy atom. The molecule has 1 fully saturated rings. The molecule has 1 aromatic heterocycles. The number of amides is 3. The molecule has 0 bridgehead atoms. The van der Waals surface area contributed by atoms with E-state index in [1.165, 1.54) is 0 Å².